The molecule has 5 nitrogen and oxygen atoms in total. The second-order valence-corrected chi connectivity index (χ2v) is 6.24. The van der Waals surface area contributed by atoms with E-state index in [4.69, 9.17) is 0 Å². The normalized spacial score (nSPS) is 11.9. The molecular formula is C15H16N2O3S. The molecule has 1 aromatic carbocycles. The van der Waals surface area contributed by atoms with Crippen LogP contribution in [0.25, 0.3) is 0 Å². The van der Waals surface area contributed by atoms with Crippen molar-refractivity contribution in [2.45, 2.75) is 26.3 Å². The molecule has 0 aliphatic rings. The largest absolute Gasteiger partial charge is 0.349 e. The molecule has 0 aliphatic carbocycles. The predicted molar refractivity (Wildman–Crippen MR) is 82.8 cm³/mol. The number of nitrogens with zero attached hydrogens (tertiary/aromatic N) is 1. The summed E-state index contributed by atoms with van der Waals surface area (Å²) in [5, 5.41) is 13.7. The van der Waals surface area contributed by atoms with Crippen molar-refractivity contribution >= 4 is 22.9 Å². The average Bonchev–Trinajstić information content (AvgIpc) is 2.83. The quantitative estimate of drug-likeness (QED) is 0.680. The molecule has 1 aromatic heterocycles. The number of hydrogen-bond acceptors (Lipinski definition) is 4. The van der Waals surface area contributed by atoms with Crippen molar-refractivity contribution in [2.75, 3.05) is 0 Å². The number of nitrogens with one attached hydrogen (secondary N) is 1. The van der Waals surface area contributed by atoms with Crippen LogP contribution in [-0.4, -0.2) is 16.9 Å². The highest BCUT2D eigenvalue weighted by Gasteiger charge is 2.20. The Hall–Kier alpha value is -2.21. The Kier molecular flexibility index (Phi) is 4.70. The monoisotopic (exact) mass is 304 g/mol. The van der Waals surface area contributed by atoms with Crippen LogP contribution in [0.15, 0.2) is 36.4 Å². The van der Waals surface area contributed by atoms with Gasteiger partial charge in [0.1, 0.15) is 5.56 Å². The zero-order chi connectivity index (χ0) is 15.4. The van der Waals surface area contributed by atoms with Gasteiger partial charge in [-0.05, 0) is 32.0 Å². The zero-order valence-electron chi connectivity index (χ0n) is 11.8. The van der Waals surface area contributed by atoms with Crippen LogP contribution in [0, 0.1) is 17.0 Å². The lowest BCUT2D eigenvalue weighted by Gasteiger charge is -2.13. The first-order valence-electron chi connectivity index (χ1n) is 6.57. The van der Waals surface area contributed by atoms with Crippen LogP contribution in [0.1, 0.15) is 27.0 Å². The molecule has 0 fully saturated rings. The number of carbonyl (C=O) groups is 1. The summed E-state index contributed by atoms with van der Waals surface area (Å²) in [4.78, 5) is 25.0. The van der Waals surface area contributed by atoms with Gasteiger partial charge < -0.3 is 5.32 Å². The van der Waals surface area contributed by atoms with E-state index in [1.807, 2.05) is 26.0 Å². The molecule has 0 spiro atoms. The molecule has 6 heteroatoms. The van der Waals surface area contributed by atoms with E-state index in [1.165, 1.54) is 21.9 Å². The smallest absolute Gasteiger partial charge is 0.282 e. The van der Waals surface area contributed by atoms with Crippen LogP contribution in [0.3, 0.4) is 0 Å². The standard InChI is InChI=1S/C15H16N2O3S/c1-10(9-12-8-7-11(2)21-12)16-15(18)13-5-3-4-6-14(13)17(19)20/h3-8,10H,9H2,1-2H3,(H,16,18). The van der Waals surface area contributed by atoms with Crippen LogP contribution in [-0.2, 0) is 6.42 Å². The number of hydrogen-bond donors (Lipinski definition) is 1. The van der Waals surface area contributed by atoms with Gasteiger partial charge in [-0.3, -0.25) is 14.9 Å². The van der Waals surface area contributed by atoms with E-state index in [0.717, 1.165) is 0 Å². The van der Waals surface area contributed by atoms with Gasteiger partial charge in [-0.2, -0.15) is 0 Å². The van der Waals surface area contributed by atoms with E-state index in [9.17, 15) is 14.9 Å². The molecule has 2 aromatic rings. The highest BCUT2D eigenvalue weighted by atomic mass is 32.1. The molecule has 1 amide bonds. The molecule has 21 heavy (non-hydrogen) atoms. The van der Waals surface area contributed by atoms with Crippen molar-refractivity contribution in [2.24, 2.45) is 0 Å². The van der Waals surface area contributed by atoms with E-state index in [2.05, 4.69) is 5.32 Å². The minimum atomic E-state index is -0.539. The molecule has 1 unspecified atom stereocenters. The summed E-state index contributed by atoms with van der Waals surface area (Å²) in [5.41, 5.74) is -0.0779. The molecule has 0 aliphatic heterocycles. The molecular weight excluding hydrogens is 288 g/mol. The lowest BCUT2D eigenvalue weighted by atomic mass is 10.1. The Morgan fingerprint density at radius 3 is 2.67 bits per heavy atom. The summed E-state index contributed by atoms with van der Waals surface area (Å²) in [6.07, 6.45) is 0.713. The second-order valence-electron chi connectivity index (χ2n) is 4.87. The average molecular weight is 304 g/mol. The third-order valence-corrected chi connectivity index (χ3v) is 4.05. The number of thiophene rings is 1. The van der Waals surface area contributed by atoms with E-state index in [1.54, 1.807) is 23.5 Å². The number of para-hydroxylation sites is 1. The molecule has 0 saturated heterocycles. The van der Waals surface area contributed by atoms with Crippen molar-refractivity contribution in [3.63, 3.8) is 0 Å². The highest BCUT2D eigenvalue weighted by Crippen LogP contribution is 2.19. The SMILES string of the molecule is Cc1ccc(CC(C)NC(=O)c2ccccc2[N+](=O)[O-])s1. The van der Waals surface area contributed by atoms with Crippen molar-refractivity contribution in [3.05, 3.63) is 61.8 Å². The second kappa shape index (κ2) is 6.49. The Morgan fingerprint density at radius 1 is 1.33 bits per heavy atom. The Bertz CT molecular complexity index is 666. The summed E-state index contributed by atoms with van der Waals surface area (Å²) in [6.45, 7) is 3.92. The molecule has 0 saturated carbocycles. The van der Waals surface area contributed by atoms with Gasteiger partial charge in [-0.1, -0.05) is 12.1 Å². The van der Waals surface area contributed by atoms with Gasteiger partial charge >= 0.3 is 0 Å². The van der Waals surface area contributed by atoms with Gasteiger partial charge in [0.25, 0.3) is 11.6 Å². The number of rotatable bonds is 5. The lowest BCUT2D eigenvalue weighted by molar-refractivity contribution is -0.385. The zero-order valence-corrected chi connectivity index (χ0v) is 12.6. The molecule has 0 radical (unpaired) electrons. The fraction of sp³-hybridized carbons (Fsp3) is 0.267. The van der Waals surface area contributed by atoms with E-state index in [-0.39, 0.29) is 17.3 Å². The maximum Gasteiger partial charge on any atom is 0.282 e. The number of benzene rings is 1. The summed E-state index contributed by atoms with van der Waals surface area (Å²) < 4.78 is 0. The maximum absolute atomic E-state index is 12.2. The number of nitro benzene ring substituents is 1. The van der Waals surface area contributed by atoms with Crippen LogP contribution in [0.4, 0.5) is 5.69 Å². The maximum atomic E-state index is 12.2. The van der Waals surface area contributed by atoms with Gasteiger partial charge in [0, 0.05) is 28.3 Å². The van der Waals surface area contributed by atoms with Gasteiger partial charge in [-0.15, -0.1) is 11.3 Å². The first-order chi connectivity index (χ1) is 9.97. The summed E-state index contributed by atoms with van der Waals surface area (Å²) in [7, 11) is 0. The van der Waals surface area contributed by atoms with Crippen molar-refractivity contribution < 1.29 is 9.72 Å². The Balaban J connectivity index is 2.06. The third-order valence-electron chi connectivity index (χ3n) is 3.03. The fourth-order valence-corrected chi connectivity index (χ4v) is 3.09. The molecule has 1 atom stereocenters. The Labute approximate surface area is 126 Å². The van der Waals surface area contributed by atoms with E-state index in [0.29, 0.717) is 6.42 Å². The highest BCUT2D eigenvalue weighted by molar-refractivity contribution is 7.11. The van der Waals surface area contributed by atoms with E-state index < -0.39 is 10.8 Å². The van der Waals surface area contributed by atoms with E-state index >= 15 is 0 Å². The first-order valence-corrected chi connectivity index (χ1v) is 7.38. The molecule has 110 valence electrons. The molecule has 2 rings (SSSR count). The summed E-state index contributed by atoms with van der Waals surface area (Å²) in [5.74, 6) is -0.414. The van der Waals surface area contributed by atoms with Crippen molar-refractivity contribution in [3.8, 4) is 0 Å². The Morgan fingerprint density at radius 2 is 2.05 bits per heavy atom. The topological polar surface area (TPSA) is 72.2 Å². The van der Waals surface area contributed by atoms with Crippen LogP contribution in [0.2, 0.25) is 0 Å². The van der Waals surface area contributed by atoms with Gasteiger partial charge in [0.15, 0.2) is 0 Å². The van der Waals surface area contributed by atoms with Crippen molar-refractivity contribution in [1.29, 1.82) is 0 Å². The number of carbonyl (C=O) groups excluding carboxylic acids is 1. The summed E-state index contributed by atoms with van der Waals surface area (Å²) >= 11 is 1.69. The number of amides is 1. The van der Waals surface area contributed by atoms with Crippen LogP contribution >= 0.6 is 11.3 Å². The predicted octanol–water partition coefficient (Wildman–Crippen LogP) is 3.33. The molecule has 1 N–H and O–H groups in total. The molecule has 0 bridgehead atoms. The van der Waals surface area contributed by atoms with Crippen molar-refractivity contribution in [1.82, 2.24) is 5.32 Å². The fourth-order valence-electron chi connectivity index (χ4n) is 2.07. The minimum absolute atomic E-state index is 0.0876. The summed E-state index contributed by atoms with van der Waals surface area (Å²) in [6, 6.07) is 9.96. The van der Waals surface area contributed by atoms with Gasteiger partial charge in [0.2, 0.25) is 0 Å². The van der Waals surface area contributed by atoms with Crippen LogP contribution < -0.4 is 5.32 Å². The number of aryl methyl sites for hydroxylation is 1. The van der Waals surface area contributed by atoms with Gasteiger partial charge in [0.05, 0.1) is 4.92 Å². The number of nitro groups is 1. The van der Waals surface area contributed by atoms with Gasteiger partial charge in [-0.25, -0.2) is 0 Å². The lowest BCUT2D eigenvalue weighted by Crippen LogP contribution is -2.34. The third kappa shape index (κ3) is 3.88. The van der Waals surface area contributed by atoms with Crippen LogP contribution in [0.5, 0.6) is 0 Å². The minimum Gasteiger partial charge on any atom is -0.349 e. The first kappa shape index (κ1) is 15.2. The molecule has 1 heterocycles.